The third-order valence-electron chi connectivity index (χ3n) is 3.20. The fourth-order valence-electron chi connectivity index (χ4n) is 2.18. The number of para-hydroxylation sites is 1. The molecule has 0 atom stereocenters. The summed E-state index contributed by atoms with van der Waals surface area (Å²) in [5.41, 5.74) is 2.27. The van der Waals surface area contributed by atoms with Crippen LogP contribution in [0.4, 0.5) is 0 Å². The normalized spacial score (nSPS) is 10.7. The van der Waals surface area contributed by atoms with Gasteiger partial charge in [0.1, 0.15) is 0 Å². The lowest BCUT2D eigenvalue weighted by molar-refractivity contribution is 0.103. The average molecular weight is 279 g/mol. The number of carbonyl (C=O) groups excluding carboxylic acids is 1. The zero-order chi connectivity index (χ0) is 13.9. The second-order valence-electron chi connectivity index (χ2n) is 4.45. The third-order valence-corrected chi connectivity index (χ3v) is 4.00. The van der Waals surface area contributed by atoms with Crippen LogP contribution in [-0.2, 0) is 0 Å². The molecule has 0 aliphatic heterocycles. The van der Waals surface area contributed by atoms with Gasteiger partial charge in [-0.1, -0.05) is 30.3 Å². The smallest absolute Gasteiger partial charge is 0.195 e. The van der Waals surface area contributed by atoms with Crippen LogP contribution in [0, 0.1) is 0 Å². The van der Waals surface area contributed by atoms with Gasteiger partial charge < -0.3 is 0 Å². The number of pyridine rings is 1. The molecule has 0 saturated carbocycles. The molecular weight excluding hydrogens is 266 g/mol. The molecule has 0 spiro atoms. The number of thioether (sulfide) groups is 1. The number of hydrogen-bond acceptors (Lipinski definition) is 3. The first-order valence-electron chi connectivity index (χ1n) is 6.32. The van der Waals surface area contributed by atoms with E-state index in [1.165, 1.54) is 0 Å². The molecular formula is C17H13NOS. The van der Waals surface area contributed by atoms with Crippen molar-refractivity contribution in [2.45, 2.75) is 4.90 Å². The molecule has 3 aromatic rings. The van der Waals surface area contributed by atoms with Crippen LogP contribution in [0.25, 0.3) is 10.9 Å². The predicted molar refractivity (Wildman–Crippen MR) is 83.4 cm³/mol. The van der Waals surface area contributed by atoms with E-state index in [4.69, 9.17) is 0 Å². The van der Waals surface area contributed by atoms with E-state index in [1.807, 2.05) is 60.9 Å². The standard InChI is InChI=1S/C17H13NOS/c1-20-16-9-5-3-7-14(16)17(19)13-10-12-6-2-4-8-15(12)18-11-13/h2-11H,1H3. The van der Waals surface area contributed by atoms with Crippen LogP contribution in [-0.4, -0.2) is 17.0 Å². The van der Waals surface area contributed by atoms with Gasteiger partial charge in [-0.2, -0.15) is 0 Å². The molecule has 0 unspecified atom stereocenters. The van der Waals surface area contributed by atoms with E-state index in [9.17, 15) is 4.79 Å². The Hall–Kier alpha value is -2.13. The Balaban J connectivity index is 2.08. The Kier molecular flexibility index (Phi) is 3.52. The largest absolute Gasteiger partial charge is 0.289 e. The van der Waals surface area contributed by atoms with Crippen LogP contribution in [0.3, 0.4) is 0 Å². The second-order valence-corrected chi connectivity index (χ2v) is 5.29. The SMILES string of the molecule is CSc1ccccc1C(=O)c1cnc2ccccc2c1. The molecule has 20 heavy (non-hydrogen) atoms. The van der Waals surface area contributed by atoms with E-state index < -0.39 is 0 Å². The summed E-state index contributed by atoms with van der Waals surface area (Å²) in [5, 5.41) is 0.986. The van der Waals surface area contributed by atoms with E-state index in [0.717, 1.165) is 21.4 Å². The lowest BCUT2D eigenvalue weighted by Gasteiger charge is -2.06. The minimum absolute atomic E-state index is 0.0215. The zero-order valence-corrected chi connectivity index (χ0v) is 11.9. The van der Waals surface area contributed by atoms with Gasteiger partial charge in [-0.05, 0) is 30.5 Å². The van der Waals surface area contributed by atoms with Crippen LogP contribution in [0.2, 0.25) is 0 Å². The maximum absolute atomic E-state index is 12.6. The van der Waals surface area contributed by atoms with Crippen molar-refractivity contribution in [3.63, 3.8) is 0 Å². The molecule has 2 aromatic carbocycles. The molecule has 0 radical (unpaired) electrons. The maximum Gasteiger partial charge on any atom is 0.195 e. The summed E-state index contributed by atoms with van der Waals surface area (Å²) >= 11 is 1.58. The van der Waals surface area contributed by atoms with E-state index in [2.05, 4.69) is 4.98 Å². The first-order chi connectivity index (χ1) is 9.79. The third kappa shape index (κ3) is 2.32. The molecule has 1 aromatic heterocycles. The van der Waals surface area contributed by atoms with Gasteiger partial charge in [-0.3, -0.25) is 9.78 Å². The molecule has 1 heterocycles. The summed E-state index contributed by atoms with van der Waals surface area (Å²) in [4.78, 5) is 18.0. The van der Waals surface area contributed by atoms with Crippen LogP contribution >= 0.6 is 11.8 Å². The van der Waals surface area contributed by atoms with Crippen LogP contribution < -0.4 is 0 Å². The van der Waals surface area contributed by atoms with Crippen LogP contribution in [0.15, 0.2) is 65.7 Å². The second kappa shape index (κ2) is 5.47. The molecule has 0 saturated heterocycles. The number of aromatic nitrogens is 1. The lowest BCUT2D eigenvalue weighted by Crippen LogP contribution is -2.03. The molecule has 0 bridgehead atoms. The number of fused-ring (bicyclic) bond motifs is 1. The molecule has 0 N–H and O–H groups in total. The monoisotopic (exact) mass is 279 g/mol. The molecule has 0 aliphatic rings. The molecule has 98 valence electrons. The Bertz CT molecular complexity index is 783. The van der Waals surface area contributed by atoms with Crippen LogP contribution in [0.5, 0.6) is 0 Å². The fraction of sp³-hybridized carbons (Fsp3) is 0.0588. The first-order valence-corrected chi connectivity index (χ1v) is 7.54. The Morgan fingerprint density at radius 1 is 1.05 bits per heavy atom. The van der Waals surface area contributed by atoms with Crippen molar-refractivity contribution < 1.29 is 4.79 Å². The van der Waals surface area contributed by atoms with Gasteiger partial charge in [0.2, 0.25) is 0 Å². The van der Waals surface area contributed by atoms with Crippen molar-refractivity contribution in [2.75, 3.05) is 6.26 Å². The number of hydrogen-bond donors (Lipinski definition) is 0. The molecule has 0 aliphatic carbocycles. The highest BCUT2D eigenvalue weighted by Gasteiger charge is 2.13. The van der Waals surface area contributed by atoms with Crippen molar-refractivity contribution in [1.82, 2.24) is 4.98 Å². The molecule has 2 nitrogen and oxygen atoms in total. The van der Waals surface area contributed by atoms with Crippen LogP contribution in [0.1, 0.15) is 15.9 Å². The molecule has 3 heteroatoms. The summed E-state index contributed by atoms with van der Waals surface area (Å²) < 4.78 is 0. The topological polar surface area (TPSA) is 30.0 Å². The van der Waals surface area contributed by atoms with Crippen molar-refractivity contribution in [2.24, 2.45) is 0 Å². The Morgan fingerprint density at radius 3 is 2.65 bits per heavy atom. The number of benzene rings is 2. The highest BCUT2D eigenvalue weighted by Crippen LogP contribution is 2.23. The van der Waals surface area contributed by atoms with Gasteiger partial charge in [0, 0.05) is 27.6 Å². The fourth-order valence-corrected chi connectivity index (χ4v) is 2.78. The summed E-state index contributed by atoms with van der Waals surface area (Å²) in [7, 11) is 0. The van der Waals surface area contributed by atoms with Crippen molar-refractivity contribution in [1.29, 1.82) is 0 Å². The number of nitrogens with zero attached hydrogens (tertiary/aromatic N) is 1. The van der Waals surface area contributed by atoms with E-state index >= 15 is 0 Å². The minimum Gasteiger partial charge on any atom is -0.289 e. The van der Waals surface area contributed by atoms with Gasteiger partial charge in [-0.25, -0.2) is 0 Å². The zero-order valence-electron chi connectivity index (χ0n) is 11.0. The Labute approximate surface area is 121 Å². The molecule has 0 fully saturated rings. The Morgan fingerprint density at radius 2 is 1.80 bits per heavy atom. The number of ketones is 1. The van der Waals surface area contributed by atoms with Crippen molar-refractivity contribution in [3.8, 4) is 0 Å². The minimum atomic E-state index is 0.0215. The average Bonchev–Trinajstić information content (AvgIpc) is 2.53. The summed E-state index contributed by atoms with van der Waals surface area (Å²) in [6.07, 6.45) is 3.63. The summed E-state index contributed by atoms with van der Waals surface area (Å²) in [6, 6.07) is 17.4. The van der Waals surface area contributed by atoms with E-state index in [-0.39, 0.29) is 5.78 Å². The maximum atomic E-state index is 12.6. The summed E-state index contributed by atoms with van der Waals surface area (Å²) in [5.74, 6) is 0.0215. The van der Waals surface area contributed by atoms with Gasteiger partial charge >= 0.3 is 0 Å². The van der Waals surface area contributed by atoms with Gasteiger partial charge in [0.05, 0.1) is 5.52 Å². The predicted octanol–water partition coefficient (Wildman–Crippen LogP) is 4.19. The highest BCUT2D eigenvalue weighted by molar-refractivity contribution is 7.98. The molecule has 3 rings (SSSR count). The summed E-state index contributed by atoms with van der Waals surface area (Å²) in [6.45, 7) is 0. The lowest BCUT2D eigenvalue weighted by atomic mass is 10.0. The highest BCUT2D eigenvalue weighted by atomic mass is 32.2. The quantitative estimate of drug-likeness (QED) is 0.532. The number of carbonyl (C=O) groups is 1. The van der Waals surface area contributed by atoms with Crippen molar-refractivity contribution in [3.05, 3.63) is 71.9 Å². The first kappa shape index (κ1) is 12.9. The van der Waals surface area contributed by atoms with E-state index in [0.29, 0.717) is 5.56 Å². The molecule has 0 amide bonds. The van der Waals surface area contributed by atoms with Gasteiger partial charge in [0.15, 0.2) is 5.78 Å². The van der Waals surface area contributed by atoms with Gasteiger partial charge in [-0.15, -0.1) is 11.8 Å². The van der Waals surface area contributed by atoms with E-state index in [1.54, 1.807) is 18.0 Å². The number of rotatable bonds is 3. The van der Waals surface area contributed by atoms with Crippen molar-refractivity contribution >= 4 is 28.4 Å². The van der Waals surface area contributed by atoms with Gasteiger partial charge in [0.25, 0.3) is 0 Å².